The number of benzene rings is 1. The highest BCUT2D eigenvalue weighted by atomic mass is 32.2. The Kier molecular flexibility index (Phi) is 6.01. The van der Waals surface area contributed by atoms with Crippen molar-refractivity contribution in [3.8, 4) is 17.0 Å². The van der Waals surface area contributed by atoms with Gasteiger partial charge in [0, 0.05) is 24.7 Å². The van der Waals surface area contributed by atoms with E-state index in [9.17, 15) is 17.6 Å². The predicted octanol–water partition coefficient (Wildman–Crippen LogP) is 3.86. The fourth-order valence-electron chi connectivity index (χ4n) is 5.96. The molecule has 204 valence electrons. The summed E-state index contributed by atoms with van der Waals surface area (Å²) in [6.45, 7) is 5.95. The molecule has 3 N–H and O–H groups in total. The molecule has 9 nitrogen and oxygen atoms in total. The van der Waals surface area contributed by atoms with Crippen LogP contribution in [0.1, 0.15) is 37.0 Å². The van der Waals surface area contributed by atoms with Crippen molar-refractivity contribution >= 4 is 27.6 Å². The van der Waals surface area contributed by atoms with Crippen LogP contribution in [-0.4, -0.2) is 44.0 Å². The number of hydrogen-bond donors (Lipinski definition) is 2. The Labute approximate surface area is 226 Å². The molecule has 3 aromatic rings. The van der Waals surface area contributed by atoms with Gasteiger partial charge in [-0.15, -0.1) is 0 Å². The number of pyridine rings is 2. The summed E-state index contributed by atoms with van der Waals surface area (Å²) in [5, 5.41) is -0.352. The van der Waals surface area contributed by atoms with Gasteiger partial charge in [-0.25, -0.2) is 19.1 Å². The second kappa shape index (κ2) is 9.18. The maximum atomic E-state index is 14.5. The van der Waals surface area contributed by atoms with E-state index < -0.39 is 21.7 Å². The first-order valence-electron chi connectivity index (χ1n) is 13.0. The van der Waals surface area contributed by atoms with Crippen LogP contribution in [0.4, 0.5) is 16.0 Å². The Morgan fingerprint density at radius 1 is 1.21 bits per heavy atom. The molecule has 3 heterocycles. The normalized spacial score (nSPS) is 23.1. The zero-order valence-electron chi connectivity index (χ0n) is 21.7. The van der Waals surface area contributed by atoms with Gasteiger partial charge in [0.2, 0.25) is 0 Å². The number of nitrogens with two attached hydrogens (primary N) is 1. The SMILES string of the molecule is CC(C)COc1cc(F)cc(-c2ccc(C(=O)NS(=O)(=O)c3cccc(N)n3)c(N3CC4CC5CC45C3)n2)c1. The number of nitrogen functional groups attached to an aromatic ring is 1. The topological polar surface area (TPSA) is 128 Å². The van der Waals surface area contributed by atoms with E-state index in [0.717, 1.165) is 19.5 Å². The van der Waals surface area contributed by atoms with Crippen molar-refractivity contribution in [1.82, 2.24) is 14.7 Å². The first-order chi connectivity index (χ1) is 18.5. The molecular formula is C28H30FN5O4S. The van der Waals surface area contributed by atoms with Gasteiger partial charge in [0.1, 0.15) is 23.2 Å². The fourth-order valence-corrected chi connectivity index (χ4v) is 6.90. The highest BCUT2D eigenvalue weighted by Gasteiger charge is 2.71. The van der Waals surface area contributed by atoms with Gasteiger partial charge in [-0.05, 0) is 72.4 Å². The fraction of sp³-hybridized carbons (Fsp3) is 0.393. The maximum Gasteiger partial charge on any atom is 0.281 e. The smallest absolute Gasteiger partial charge is 0.281 e. The minimum absolute atomic E-state index is 0.0228. The lowest BCUT2D eigenvalue weighted by atomic mass is 9.76. The monoisotopic (exact) mass is 551 g/mol. The van der Waals surface area contributed by atoms with Crippen LogP contribution in [0.3, 0.4) is 0 Å². The number of carbonyl (C=O) groups is 1. The lowest BCUT2D eigenvalue weighted by Crippen LogP contribution is -2.33. The van der Waals surface area contributed by atoms with Crippen LogP contribution in [0.15, 0.2) is 53.6 Å². The minimum Gasteiger partial charge on any atom is -0.493 e. The number of anilines is 2. The summed E-state index contributed by atoms with van der Waals surface area (Å²) in [5.74, 6) is 1.03. The van der Waals surface area contributed by atoms with Gasteiger partial charge >= 0.3 is 0 Å². The average molecular weight is 552 g/mol. The summed E-state index contributed by atoms with van der Waals surface area (Å²) in [6.07, 6.45) is 2.33. The number of amides is 1. The summed E-state index contributed by atoms with van der Waals surface area (Å²) < 4.78 is 48.2. The number of rotatable bonds is 8. The molecule has 6 rings (SSSR count). The Balaban J connectivity index is 1.35. The number of sulfonamides is 1. The van der Waals surface area contributed by atoms with E-state index in [1.165, 1.54) is 42.8 Å². The third-order valence-corrected chi connectivity index (χ3v) is 9.24. The van der Waals surface area contributed by atoms with Gasteiger partial charge in [-0.3, -0.25) is 4.79 Å². The van der Waals surface area contributed by atoms with E-state index in [-0.39, 0.29) is 27.7 Å². The van der Waals surface area contributed by atoms with Gasteiger partial charge in [-0.1, -0.05) is 19.9 Å². The summed E-state index contributed by atoms with van der Waals surface area (Å²) in [6, 6.07) is 11.7. The number of nitrogens with zero attached hydrogens (tertiary/aromatic N) is 3. The molecule has 3 aliphatic rings. The van der Waals surface area contributed by atoms with Crippen LogP contribution >= 0.6 is 0 Å². The minimum atomic E-state index is -4.27. The highest BCUT2D eigenvalue weighted by molar-refractivity contribution is 7.90. The van der Waals surface area contributed by atoms with Gasteiger partial charge < -0.3 is 15.4 Å². The first-order valence-corrected chi connectivity index (χ1v) is 14.5. The molecule has 3 atom stereocenters. The lowest BCUT2D eigenvalue weighted by Gasteiger charge is -2.27. The van der Waals surface area contributed by atoms with Gasteiger partial charge in [0.25, 0.3) is 15.9 Å². The van der Waals surface area contributed by atoms with E-state index in [4.69, 9.17) is 15.5 Å². The molecule has 1 aliphatic heterocycles. The number of carbonyl (C=O) groups excluding carboxylic acids is 1. The molecule has 0 radical (unpaired) electrons. The van der Waals surface area contributed by atoms with E-state index in [1.54, 1.807) is 12.1 Å². The van der Waals surface area contributed by atoms with Gasteiger partial charge in [-0.2, -0.15) is 8.42 Å². The number of hydrogen-bond acceptors (Lipinski definition) is 8. The summed E-state index contributed by atoms with van der Waals surface area (Å²) in [5.41, 5.74) is 7.00. The number of aromatic nitrogens is 2. The third kappa shape index (κ3) is 4.69. The molecule has 0 bridgehead atoms. The predicted molar refractivity (Wildman–Crippen MR) is 144 cm³/mol. The molecule has 3 unspecified atom stereocenters. The van der Waals surface area contributed by atoms with Crippen molar-refractivity contribution in [3.05, 3.63) is 59.9 Å². The molecule has 2 aliphatic carbocycles. The lowest BCUT2D eigenvalue weighted by molar-refractivity contribution is 0.0981. The summed E-state index contributed by atoms with van der Waals surface area (Å²) in [4.78, 5) is 24.1. The van der Waals surface area contributed by atoms with Gasteiger partial charge in [0.05, 0.1) is 17.9 Å². The molecule has 1 saturated heterocycles. The van der Waals surface area contributed by atoms with E-state index in [1.807, 2.05) is 13.8 Å². The first kappa shape index (κ1) is 25.5. The van der Waals surface area contributed by atoms with E-state index in [2.05, 4.69) is 14.6 Å². The van der Waals surface area contributed by atoms with Crippen LogP contribution in [0.2, 0.25) is 0 Å². The van der Waals surface area contributed by atoms with Crippen molar-refractivity contribution in [2.45, 2.75) is 31.7 Å². The second-order valence-electron chi connectivity index (χ2n) is 11.2. The molecule has 1 amide bonds. The quantitative estimate of drug-likeness (QED) is 0.432. The van der Waals surface area contributed by atoms with Crippen LogP contribution in [0.25, 0.3) is 11.3 Å². The van der Waals surface area contributed by atoms with Crippen molar-refractivity contribution in [3.63, 3.8) is 0 Å². The Bertz CT molecular complexity index is 1580. The molecule has 3 fully saturated rings. The van der Waals surface area contributed by atoms with Crippen molar-refractivity contribution in [2.75, 3.05) is 30.3 Å². The Morgan fingerprint density at radius 2 is 2.03 bits per heavy atom. The molecule has 39 heavy (non-hydrogen) atoms. The van der Waals surface area contributed by atoms with Crippen LogP contribution in [0, 0.1) is 29.0 Å². The molecule has 1 spiro atoms. The van der Waals surface area contributed by atoms with E-state index >= 15 is 0 Å². The molecule has 11 heteroatoms. The highest BCUT2D eigenvalue weighted by Crippen LogP contribution is 2.73. The van der Waals surface area contributed by atoms with Crippen LogP contribution in [0.5, 0.6) is 5.75 Å². The molecule has 1 aromatic carbocycles. The molecule has 2 aromatic heterocycles. The standard InChI is InChI=1S/C28H30FN5O4S/c1-16(2)14-38-21-9-17(8-20(29)11-21)23-7-6-22(26(31-23)34-13-19-10-18-12-28(18,19)15-34)27(35)33-39(36,37)25-5-3-4-24(30)32-25/h3-9,11,16,18-19H,10,12-15H2,1-2H3,(H2,30,32)(H,33,35). The Hall–Kier alpha value is -3.73. The number of ether oxygens (including phenoxy) is 1. The van der Waals surface area contributed by atoms with Crippen molar-refractivity contribution < 1.29 is 22.3 Å². The zero-order chi connectivity index (χ0) is 27.5. The number of halogens is 1. The third-order valence-electron chi connectivity index (χ3n) is 8.00. The Morgan fingerprint density at radius 3 is 2.72 bits per heavy atom. The van der Waals surface area contributed by atoms with Crippen molar-refractivity contribution in [2.24, 2.45) is 23.2 Å². The zero-order valence-corrected chi connectivity index (χ0v) is 22.5. The van der Waals surface area contributed by atoms with E-state index in [0.29, 0.717) is 41.3 Å². The molecule has 2 saturated carbocycles. The average Bonchev–Trinajstić information content (AvgIpc) is 3.33. The summed E-state index contributed by atoms with van der Waals surface area (Å²) in [7, 11) is -4.27. The second-order valence-corrected chi connectivity index (χ2v) is 12.9. The summed E-state index contributed by atoms with van der Waals surface area (Å²) >= 11 is 0. The number of nitrogens with one attached hydrogen (secondary N) is 1. The maximum absolute atomic E-state index is 14.5. The molecular weight excluding hydrogens is 521 g/mol. The van der Waals surface area contributed by atoms with Crippen molar-refractivity contribution in [1.29, 1.82) is 0 Å². The van der Waals surface area contributed by atoms with Gasteiger partial charge in [0.15, 0.2) is 5.03 Å². The van der Waals surface area contributed by atoms with Crippen LogP contribution in [-0.2, 0) is 10.0 Å². The van der Waals surface area contributed by atoms with Crippen LogP contribution < -0.4 is 20.1 Å². The largest absolute Gasteiger partial charge is 0.493 e.